The second kappa shape index (κ2) is 3.65. The van der Waals surface area contributed by atoms with Crippen molar-refractivity contribution in [2.75, 3.05) is 6.61 Å². The molecule has 11 heavy (non-hydrogen) atoms. The van der Waals surface area contributed by atoms with Crippen molar-refractivity contribution < 1.29 is 13.9 Å². The highest BCUT2D eigenvalue weighted by atomic mass is 35.5. The lowest BCUT2D eigenvalue weighted by Gasteiger charge is -2.37. The van der Waals surface area contributed by atoms with E-state index in [1.165, 1.54) is 0 Å². The van der Waals surface area contributed by atoms with E-state index in [0.29, 0.717) is 0 Å². The fourth-order valence-corrected chi connectivity index (χ4v) is 1.16. The van der Waals surface area contributed by atoms with Crippen LogP contribution in [0.5, 0.6) is 0 Å². The highest BCUT2D eigenvalue weighted by Crippen LogP contribution is 2.43. The van der Waals surface area contributed by atoms with Gasteiger partial charge in [-0.15, -0.1) is 12.4 Å². The standard InChI is InChI=1S/C6H11F2NO.ClH/c7-6(8)1-4(2-6)5(9)3-10;/h4-5,10H,1-3,9H2;1H. The Kier molecular flexibility index (Phi) is 3.67. The molecule has 1 saturated carbocycles. The Hall–Kier alpha value is 0.0700. The monoisotopic (exact) mass is 187 g/mol. The van der Waals surface area contributed by atoms with E-state index in [1.807, 2.05) is 0 Å². The van der Waals surface area contributed by atoms with Gasteiger partial charge in [0.25, 0.3) is 0 Å². The summed E-state index contributed by atoms with van der Waals surface area (Å²) in [6.07, 6.45) is -0.316. The van der Waals surface area contributed by atoms with E-state index in [0.717, 1.165) is 0 Å². The molecule has 0 aliphatic heterocycles. The van der Waals surface area contributed by atoms with E-state index in [-0.39, 0.29) is 37.8 Å². The molecule has 0 bridgehead atoms. The lowest BCUT2D eigenvalue weighted by atomic mass is 9.77. The summed E-state index contributed by atoms with van der Waals surface area (Å²) in [5.41, 5.74) is 5.32. The van der Waals surface area contributed by atoms with Gasteiger partial charge in [0.2, 0.25) is 5.92 Å². The van der Waals surface area contributed by atoms with Crippen LogP contribution in [0.25, 0.3) is 0 Å². The molecule has 1 rings (SSSR count). The maximum Gasteiger partial charge on any atom is 0.248 e. The lowest BCUT2D eigenvalue weighted by Crippen LogP contribution is -2.47. The average molecular weight is 188 g/mol. The summed E-state index contributed by atoms with van der Waals surface area (Å²) >= 11 is 0. The van der Waals surface area contributed by atoms with E-state index in [4.69, 9.17) is 10.8 Å². The molecule has 1 aliphatic carbocycles. The Morgan fingerprint density at radius 1 is 1.55 bits per heavy atom. The van der Waals surface area contributed by atoms with Crippen molar-refractivity contribution in [2.24, 2.45) is 11.7 Å². The van der Waals surface area contributed by atoms with Crippen molar-refractivity contribution in [3.8, 4) is 0 Å². The summed E-state index contributed by atoms with van der Waals surface area (Å²) in [5, 5.41) is 8.47. The third-order valence-electron chi connectivity index (χ3n) is 1.94. The van der Waals surface area contributed by atoms with Crippen molar-refractivity contribution >= 4 is 12.4 Å². The third-order valence-corrected chi connectivity index (χ3v) is 1.94. The number of aliphatic hydroxyl groups excluding tert-OH is 1. The van der Waals surface area contributed by atoms with Gasteiger partial charge in [0.05, 0.1) is 6.61 Å². The van der Waals surface area contributed by atoms with Gasteiger partial charge in [-0.05, 0) is 5.92 Å². The summed E-state index contributed by atoms with van der Waals surface area (Å²) in [6.45, 7) is -0.194. The number of aliphatic hydroxyl groups is 1. The number of hydrogen-bond donors (Lipinski definition) is 2. The molecule has 1 fully saturated rings. The molecule has 0 aromatic rings. The van der Waals surface area contributed by atoms with E-state index in [1.54, 1.807) is 0 Å². The summed E-state index contributed by atoms with van der Waals surface area (Å²) < 4.78 is 24.3. The minimum absolute atomic E-state index is 0. The van der Waals surface area contributed by atoms with E-state index >= 15 is 0 Å². The van der Waals surface area contributed by atoms with Gasteiger partial charge in [0, 0.05) is 18.9 Å². The van der Waals surface area contributed by atoms with Crippen LogP contribution >= 0.6 is 12.4 Å². The van der Waals surface area contributed by atoms with Crippen LogP contribution in [-0.2, 0) is 0 Å². The predicted molar refractivity (Wildman–Crippen MR) is 40.0 cm³/mol. The zero-order chi connectivity index (χ0) is 7.78. The van der Waals surface area contributed by atoms with Crippen LogP contribution in [0, 0.1) is 5.92 Å². The number of rotatable bonds is 2. The molecular weight excluding hydrogens is 176 g/mol. The van der Waals surface area contributed by atoms with Crippen molar-refractivity contribution in [2.45, 2.75) is 24.8 Å². The first-order chi connectivity index (χ1) is 4.55. The predicted octanol–water partition coefficient (Wildman–Crippen LogP) is 0.773. The number of hydrogen-bond acceptors (Lipinski definition) is 2. The highest BCUT2D eigenvalue weighted by molar-refractivity contribution is 5.85. The number of alkyl halides is 2. The topological polar surface area (TPSA) is 46.2 Å². The molecule has 0 amide bonds. The second-order valence-corrected chi connectivity index (χ2v) is 2.87. The molecule has 1 atom stereocenters. The second-order valence-electron chi connectivity index (χ2n) is 2.87. The molecule has 0 aromatic heterocycles. The quantitative estimate of drug-likeness (QED) is 0.671. The Morgan fingerprint density at radius 2 is 2.00 bits per heavy atom. The first kappa shape index (κ1) is 11.1. The zero-order valence-corrected chi connectivity index (χ0v) is 6.78. The molecule has 0 spiro atoms. The van der Waals surface area contributed by atoms with Gasteiger partial charge in [-0.1, -0.05) is 0 Å². The van der Waals surface area contributed by atoms with E-state index < -0.39 is 12.0 Å². The van der Waals surface area contributed by atoms with Crippen molar-refractivity contribution in [3.05, 3.63) is 0 Å². The zero-order valence-electron chi connectivity index (χ0n) is 5.96. The molecule has 0 saturated heterocycles. The molecule has 0 aromatic carbocycles. The Bertz CT molecular complexity index is 126. The van der Waals surface area contributed by atoms with Crippen molar-refractivity contribution in [1.82, 2.24) is 0 Å². The van der Waals surface area contributed by atoms with Gasteiger partial charge in [-0.3, -0.25) is 0 Å². The smallest absolute Gasteiger partial charge is 0.248 e. The lowest BCUT2D eigenvalue weighted by molar-refractivity contribution is -0.119. The third kappa shape index (κ3) is 2.54. The van der Waals surface area contributed by atoms with Gasteiger partial charge in [0.1, 0.15) is 0 Å². The molecular formula is C6H12ClF2NO. The SMILES string of the molecule is Cl.NC(CO)C1CC(F)(F)C1. The summed E-state index contributed by atoms with van der Waals surface area (Å²) in [5.74, 6) is -2.70. The maximum atomic E-state index is 12.1. The van der Waals surface area contributed by atoms with Gasteiger partial charge < -0.3 is 10.8 Å². The van der Waals surface area contributed by atoms with Crippen LogP contribution in [0.15, 0.2) is 0 Å². The van der Waals surface area contributed by atoms with Crippen LogP contribution in [0.3, 0.4) is 0 Å². The molecule has 0 radical (unpaired) electrons. The van der Waals surface area contributed by atoms with Crippen molar-refractivity contribution in [1.29, 1.82) is 0 Å². The molecule has 68 valence electrons. The van der Waals surface area contributed by atoms with Crippen LogP contribution < -0.4 is 5.73 Å². The summed E-state index contributed by atoms with van der Waals surface area (Å²) in [4.78, 5) is 0. The first-order valence-electron chi connectivity index (χ1n) is 3.29. The van der Waals surface area contributed by atoms with E-state index in [9.17, 15) is 8.78 Å². The van der Waals surface area contributed by atoms with Gasteiger partial charge in [-0.2, -0.15) is 0 Å². The van der Waals surface area contributed by atoms with Crippen LogP contribution in [-0.4, -0.2) is 23.7 Å². The normalized spacial score (nSPS) is 25.1. The maximum absolute atomic E-state index is 12.1. The molecule has 1 unspecified atom stereocenters. The molecule has 0 heterocycles. The highest BCUT2D eigenvalue weighted by Gasteiger charge is 2.47. The Balaban J connectivity index is 0.000001000. The van der Waals surface area contributed by atoms with Crippen LogP contribution in [0.4, 0.5) is 8.78 Å². The molecule has 2 nitrogen and oxygen atoms in total. The van der Waals surface area contributed by atoms with Crippen LogP contribution in [0.2, 0.25) is 0 Å². The largest absolute Gasteiger partial charge is 0.395 e. The molecule has 5 heteroatoms. The molecule has 1 aliphatic rings. The van der Waals surface area contributed by atoms with Gasteiger partial charge in [0.15, 0.2) is 0 Å². The van der Waals surface area contributed by atoms with Crippen molar-refractivity contribution in [3.63, 3.8) is 0 Å². The first-order valence-corrected chi connectivity index (χ1v) is 3.29. The van der Waals surface area contributed by atoms with E-state index in [2.05, 4.69) is 0 Å². The summed E-state index contributed by atoms with van der Waals surface area (Å²) in [6, 6.07) is -0.459. The minimum atomic E-state index is -2.52. The molecule has 3 N–H and O–H groups in total. The fraction of sp³-hybridized carbons (Fsp3) is 1.00. The number of nitrogens with two attached hydrogens (primary N) is 1. The van der Waals surface area contributed by atoms with Gasteiger partial charge >= 0.3 is 0 Å². The Labute approximate surface area is 70.2 Å². The minimum Gasteiger partial charge on any atom is -0.395 e. The fourth-order valence-electron chi connectivity index (χ4n) is 1.16. The Morgan fingerprint density at radius 3 is 2.27 bits per heavy atom. The van der Waals surface area contributed by atoms with Gasteiger partial charge in [-0.25, -0.2) is 8.78 Å². The average Bonchev–Trinajstić information content (AvgIpc) is 1.81. The summed E-state index contributed by atoms with van der Waals surface area (Å²) in [7, 11) is 0. The van der Waals surface area contributed by atoms with Crippen LogP contribution in [0.1, 0.15) is 12.8 Å². The number of halogens is 3.